The van der Waals surface area contributed by atoms with Crippen molar-refractivity contribution in [1.29, 1.82) is 0 Å². The number of hydrogen-bond acceptors (Lipinski definition) is 8. The molecule has 37 heavy (non-hydrogen) atoms. The average molecular weight is 555 g/mol. The van der Waals surface area contributed by atoms with Gasteiger partial charge in [-0.1, -0.05) is 58.0 Å². The molecule has 4 atom stereocenters. The van der Waals surface area contributed by atoms with Gasteiger partial charge >= 0.3 is 0 Å². The molecule has 0 unspecified atom stereocenters. The normalized spacial score (nSPS) is 15.2. The number of nitrogens with one attached hydrogen (secondary N) is 3. The topological polar surface area (TPSA) is 158 Å². The van der Waals surface area contributed by atoms with Crippen LogP contribution in [0.4, 0.5) is 5.13 Å². The van der Waals surface area contributed by atoms with E-state index >= 15 is 0 Å². The maximum absolute atomic E-state index is 13.0. The Morgan fingerprint density at radius 2 is 1.70 bits per heavy atom. The molecular weight excluding hydrogens is 516 g/mol. The first kappa shape index (κ1) is 30.7. The highest BCUT2D eigenvalue weighted by molar-refractivity contribution is 7.92. The van der Waals surface area contributed by atoms with Crippen LogP contribution in [0, 0.1) is 17.8 Å². The Morgan fingerprint density at radius 3 is 2.27 bits per heavy atom. The predicted octanol–water partition coefficient (Wildman–Crippen LogP) is 2.36. The molecule has 5 N–H and O–H groups in total. The summed E-state index contributed by atoms with van der Waals surface area (Å²) in [7, 11) is -3.54. The Bertz CT molecular complexity index is 1120. The minimum absolute atomic E-state index is 0.0183. The average Bonchev–Trinajstić information content (AvgIpc) is 3.30. The van der Waals surface area contributed by atoms with Crippen LogP contribution in [0.5, 0.6) is 0 Å². The minimum Gasteiger partial charge on any atom is -0.390 e. The van der Waals surface area contributed by atoms with Crippen molar-refractivity contribution < 1.29 is 28.2 Å². The molecule has 0 fully saturated rings. The van der Waals surface area contributed by atoms with Crippen molar-refractivity contribution in [1.82, 2.24) is 15.6 Å². The Labute approximate surface area is 223 Å². The number of hydrogen-bond donors (Lipinski definition) is 5. The van der Waals surface area contributed by atoms with E-state index in [1.54, 1.807) is 13.8 Å². The summed E-state index contributed by atoms with van der Waals surface area (Å²) in [5.74, 6) is -2.30. The third-order valence-corrected chi connectivity index (χ3v) is 8.01. The molecule has 2 aromatic rings. The van der Waals surface area contributed by atoms with Crippen LogP contribution < -0.4 is 15.4 Å². The Balaban J connectivity index is 2.14. The lowest BCUT2D eigenvalue weighted by Gasteiger charge is -2.34. The first-order valence-corrected chi connectivity index (χ1v) is 14.8. The van der Waals surface area contributed by atoms with Gasteiger partial charge in [-0.15, -0.1) is 11.3 Å². The van der Waals surface area contributed by atoms with Crippen LogP contribution in [0.1, 0.15) is 57.1 Å². The maximum atomic E-state index is 13.0. The molecule has 2 amide bonds. The van der Waals surface area contributed by atoms with E-state index in [0.717, 1.165) is 16.9 Å². The molecule has 2 rings (SSSR count). The fourth-order valence-electron chi connectivity index (χ4n) is 3.87. The number of benzene rings is 1. The molecule has 0 spiro atoms. The number of anilines is 1. The largest absolute Gasteiger partial charge is 0.390 e. The number of carbonyl (C=O) groups is 2. The van der Waals surface area contributed by atoms with E-state index in [1.165, 1.54) is 12.3 Å². The summed E-state index contributed by atoms with van der Waals surface area (Å²) in [6.07, 6.45) is -2.54. The van der Waals surface area contributed by atoms with Gasteiger partial charge in [0.25, 0.3) is 5.91 Å². The van der Waals surface area contributed by atoms with Gasteiger partial charge in [0.15, 0.2) is 5.13 Å². The maximum Gasteiger partial charge on any atom is 0.271 e. The van der Waals surface area contributed by atoms with E-state index < -0.39 is 46.0 Å². The number of carbonyl (C=O) groups excluding carboxylic acids is 2. The summed E-state index contributed by atoms with van der Waals surface area (Å²) in [5, 5.41) is 29.2. The molecule has 0 saturated carbocycles. The Morgan fingerprint density at radius 1 is 1.05 bits per heavy atom. The number of aromatic nitrogens is 1. The molecule has 1 aromatic heterocycles. The highest BCUT2D eigenvalue weighted by atomic mass is 32.2. The first-order valence-electron chi connectivity index (χ1n) is 12.3. The smallest absolute Gasteiger partial charge is 0.271 e. The number of nitrogens with zero attached hydrogens (tertiary/aromatic N) is 1. The fraction of sp³-hybridized carbons (Fsp3) is 0.560. The van der Waals surface area contributed by atoms with Crippen LogP contribution in [-0.4, -0.2) is 59.4 Å². The Hall–Kier alpha value is -2.54. The molecular formula is C25H38N4O6S2. The van der Waals surface area contributed by atoms with E-state index in [1.807, 2.05) is 44.2 Å². The highest BCUT2D eigenvalue weighted by Crippen LogP contribution is 2.23. The molecule has 0 aliphatic rings. The van der Waals surface area contributed by atoms with Crippen LogP contribution in [0.3, 0.4) is 0 Å². The van der Waals surface area contributed by atoms with Crippen LogP contribution in [0.15, 0.2) is 35.7 Å². The third-order valence-electron chi connectivity index (χ3n) is 5.86. The van der Waals surface area contributed by atoms with Crippen molar-refractivity contribution >= 4 is 38.3 Å². The lowest BCUT2D eigenvalue weighted by molar-refractivity contribution is -0.136. The standard InChI is InChI=1S/C25H38N4O6S2/c1-6-37(34,35)29-25-28-19(14-36-25)23(32)27-18(12-15(2)3)21(30)22(31)20(16(4)5)24(33)26-13-17-10-8-7-9-11-17/h7-11,14-16,18,20-22,30-31H,6,12-13H2,1-5H3,(H,26,33)(H,27,32)(H,28,29)/t18-,20+,21+,22+/m0/s1. The van der Waals surface area contributed by atoms with Crippen LogP contribution in [0.2, 0.25) is 0 Å². The van der Waals surface area contributed by atoms with Gasteiger partial charge in [0.2, 0.25) is 15.9 Å². The van der Waals surface area contributed by atoms with Gasteiger partial charge in [-0.25, -0.2) is 13.4 Å². The van der Waals surface area contributed by atoms with Gasteiger partial charge < -0.3 is 20.8 Å². The van der Waals surface area contributed by atoms with Crippen molar-refractivity contribution in [2.75, 3.05) is 10.5 Å². The second-order valence-corrected chi connectivity index (χ2v) is 12.6. The quantitative estimate of drug-likeness (QED) is 0.240. The van der Waals surface area contributed by atoms with E-state index in [-0.39, 0.29) is 35.0 Å². The van der Waals surface area contributed by atoms with Gasteiger partial charge in [-0.05, 0) is 30.7 Å². The minimum atomic E-state index is -3.54. The summed E-state index contributed by atoms with van der Waals surface area (Å²) in [4.78, 5) is 29.9. The second-order valence-electron chi connectivity index (χ2n) is 9.71. The van der Waals surface area contributed by atoms with E-state index in [4.69, 9.17) is 0 Å². The zero-order valence-corrected chi connectivity index (χ0v) is 23.5. The SMILES string of the molecule is CCS(=O)(=O)Nc1nc(C(=O)N[C@@H](CC(C)C)[C@@H](O)[C@H](O)[C@H](C(=O)NCc2ccccc2)C(C)C)cs1. The molecule has 0 radical (unpaired) electrons. The molecule has 1 heterocycles. The lowest BCUT2D eigenvalue weighted by atomic mass is 9.83. The molecule has 0 aliphatic carbocycles. The van der Waals surface area contributed by atoms with Gasteiger partial charge in [0, 0.05) is 11.9 Å². The molecule has 1 aromatic carbocycles. The summed E-state index contributed by atoms with van der Waals surface area (Å²) < 4.78 is 25.8. The zero-order valence-electron chi connectivity index (χ0n) is 21.8. The van der Waals surface area contributed by atoms with E-state index in [0.29, 0.717) is 6.42 Å². The third kappa shape index (κ3) is 9.37. The number of thiazole rings is 1. The van der Waals surface area contributed by atoms with Gasteiger partial charge in [0.05, 0.1) is 23.8 Å². The summed E-state index contributed by atoms with van der Waals surface area (Å²) in [6, 6.07) is 8.49. The van der Waals surface area contributed by atoms with Crippen LogP contribution in [-0.2, 0) is 21.4 Å². The van der Waals surface area contributed by atoms with Crippen molar-refractivity contribution in [2.24, 2.45) is 17.8 Å². The summed E-state index contributed by atoms with van der Waals surface area (Å²) in [6.45, 7) is 9.15. The first-order chi connectivity index (χ1) is 17.3. The van der Waals surface area contributed by atoms with Gasteiger partial charge in [-0.3, -0.25) is 14.3 Å². The monoisotopic (exact) mass is 554 g/mol. The molecule has 0 bridgehead atoms. The number of aliphatic hydroxyl groups is 2. The van der Waals surface area contributed by atoms with Crippen LogP contribution in [0.25, 0.3) is 0 Å². The molecule has 12 heteroatoms. The van der Waals surface area contributed by atoms with Crippen molar-refractivity contribution in [3.05, 3.63) is 47.0 Å². The van der Waals surface area contributed by atoms with Crippen molar-refractivity contribution in [2.45, 2.75) is 65.8 Å². The number of sulfonamides is 1. The fourth-order valence-corrected chi connectivity index (χ4v) is 5.43. The molecule has 0 aliphatic heterocycles. The Kier molecular flexibility index (Phi) is 11.5. The van der Waals surface area contributed by atoms with Crippen molar-refractivity contribution in [3.8, 4) is 0 Å². The summed E-state index contributed by atoms with van der Waals surface area (Å²) >= 11 is 0.965. The van der Waals surface area contributed by atoms with E-state index in [9.17, 15) is 28.2 Å². The predicted molar refractivity (Wildman–Crippen MR) is 145 cm³/mol. The van der Waals surface area contributed by atoms with Crippen LogP contribution >= 0.6 is 11.3 Å². The molecule has 0 saturated heterocycles. The molecule has 10 nitrogen and oxygen atoms in total. The number of aliphatic hydroxyl groups excluding tert-OH is 2. The van der Waals surface area contributed by atoms with Crippen molar-refractivity contribution in [3.63, 3.8) is 0 Å². The zero-order chi connectivity index (χ0) is 27.8. The van der Waals surface area contributed by atoms with E-state index in [2.05, 4.69) is 20.3 Å². The van der Waals surface area contributed by atoms with Gasteiger partial charge in [-0.2, -0.15) is 0 Å². The summed E-state index contributed by atoms with van der Waals surface area (Å²) in [5.41, 5.74) is 0.887. The second kappa shape index (κ2) is 13.8. The van der Waals surface area contributed by atoms with Gasteiger partial charge in [0.1, 0.15) is 11.8 Å². The number of amides is 2. The molecule has 206 valence electrons. The lowest BCUT2D eigenvalue weighted by Crippen LogP contribution is -2.54. The number of rotatable bonds is 14. The highest BCUT2D eigenvalue weighted by Gasteiger charge is 2.38.